The summed E-state index contributed by atoms with van der Waals surface area (Å²) in [6.45, 7) is 0. The van der Waals surface area contributed by atoms with Crippen LogP contribution in [0.5, 0.6) is 0 Å². The molecular weight excluding hydrogens is 192 g/mol. The average molecular weight is 194 g/mol. The maximum Gasteiger partial charge on any atom is 0.255 e. The smallest absolute Gasteiger partial charge is 0.255 e. The highest BCUT2D eigenvalue weighted by molar-refractivity contribution is 6.67. The van der Waals surface area contributed by atoms with Gasteiger partial charge in [0.2, 0.25) is 0 Å². The SMILES string of the molecule is O=C(Cl)c1ccnc(Cl)c1F. The Morgan fingerprint density at radius 3 is 2.73 bits per heavy atom. The fraction of sp³-hybridized carbons (Fsp3) is 0. The Kier molecular flexibility index (Phi) is 2.42. The van der Waals surface area contributed by atoms with Crippen LogP contribution >= 0.6 is 23.2 Å². The number of aromatic nitrogens is 1. The molecule has 0 aromatic carbocycles. The minimum absolute atomic E-state index is 0.258. The largest absolute Gasteiger partial charge is 0.275 e. The molecule has 0 atom stereocenters. The van der Waals surface area contributed by atoms with E-state index in [1.54, 1.807) is 0 Å². The molecule has 0 bridgehead atoms. The summed E-state index contributed by atoms with van der Waals surface area (Å²) in [5.41, 5.74) is -0.258. The quantitative estimate of drug-likeness (QED) is 0.506. The number of hydrogen-bond donors (Lipinski definition) is 0. The van der Waals surface area contributed by atoms with Gasteiger partial charge in [-0.1, -0.05) is 11.6 Å². The molecule has 0 aliphatic heterocycles. The molecule has 0 radical (unpaired) electrons. The first kappa shape index (κ1) is 8.43. The van der Waals surface area contributed by atoms with Gasteiger partial charge >= 0.3 is 0 Å². The second kappa shape index (κ2) is 3.15. The molecule has 0 amide bonds. The van der Waals surface area contributed by atoms with Crippen molar-refractivity contribution in [2.75, 3.05) is 0 Å². The molecule has 0 saturated heterocycles. The summed E-state index contributed by atoms with van der Waals surface area (Å²) < 4.78 is 12.8. The van der Waals surface area contributed by atoms with Gasteiger partial charge in [0.15, 0.2) is 11.0 Å². The number of nitrogens with zero attached hydrogens (tertiary/aromatic N) is 1. The van der Waals surface area contributed by atoms with Gasteiger partial charge in [0.25, 0.3) is 5.24 Å². The van der Waals surface area contributed by atoms with Crippen LogP contribution in [0.15, 0.2) is 12.3 Å². The summed E-state index contributed by atoms with van der Waals surface area (Å²) in [5, 5.41) is -1.23. The van der Waals surface area contributed by atoms with E-state index >= 15 is 0 Å². The van der Waals surface area contributed by atoms with Gasteiger partial charge in [-0.2, -0.15) is 0 Å². The highest BCUT2D eigenvalue weighted by Crippen LogP contribution is 2.16. The highest BCUT2D eigenvalue weighted by Gasteiger charge is 2.11. The van der Waals surface area contributed by atoms with Crippen LogP contribution in [0.4, 0.5) is 4.39 Å². The van der Waals surface area contributed by atoms with Crippen LogP contribution in [-0.2, 0) is 0 Å². The lowest BCUT2D eigenvalue weighted by Gasteiger charge is -1.95. The van der Waals surface area contributed by atoms with Crippen molar-refractivity contribution < 1.29 is 9.18 Å². The van der Waals surface area contributed by atoms with Gasteiger partial charge in [-0.05, 0) is 17.7 Å². The van der Waals surface area contributed by atoms with Gasteiger partial charge < -0.3 is 0 Å². The molecule has 0 aliphatic carbocycles. The van der Waals surface area contributed by atoms with Crippen molar-refractivity contribution in [2.45, 2.75) is 0 Å². The van der Waals surface area contributed by atoms with Crippen molar-refractivity contribution in [1.29, 1.82) is 0 Å². The lowest BCUT2D eigenvalue weighted by Crippen LogP contribution is -1.95. The van der Waals surface area contributed by atoms with Crippen molar-refractivity contribution in [3.63, 3.8) is 0 Å². The lowest BCUT2D eigenvalue weighted by atomic mass is 10.3. The van der Waals surface area contributed by atoms with E-state index in [-0.39, 0.29) is 10.7 Å². The molecule has 0 saturated carbocycles. The maximum absolute atomic E-state index is 12.8. The molecule has 0 aliphatic rings. The third-order valence-corrected chi connectivity index (χ3v) is 1.53. The Labute approximate surface area is 71.9 Å². The number of hydrogen-bond acceptors (Lipinski definition) is 2. The fourth-order valence-corrected chi connectivity index (χ4v) is 0.874. The van der Waals surface area contributed by atoms with E-state index in [0.29, 0.717) is 0 Å². The average Bonchev–Trinajstić information content (AvgIpc) is 1.94. The van der Waals surface area contributed by atoms with Crippen LogP contribution < -0.4 is 0 Å². The van der Waals surface area contributed by atoms with E-state index in [1.165, 1.54) is 6.20 Å². The van der Waals surface area contributed by atoms with E-state index in [1.807, 2.05) is 0 Å². The van der Waals surface area contributed by atoms with Crippen molar-refractivity contribution in [2.24, 2.45) is 0 Å². The monoisotopic (exact) mass is 193 g/mol. The van der Waals surface area contributed by atoms with Crippen molar-refractivity contribution in [3.8, 4) is 0 Å². The first-order chi connectivity index (χ1) is 5.13. The molecule has 0 fully saturated rings. The van der Waals surface area contributed by atoms with Gasteiger partial charge in [-0.3, -0.25) is 4.79 Å². The third kappa shape index (κ3) is 1.67. The topological polar surface area (TPSA) is 30.0 Å². The van der Waals surface area contributed by atoms with Gasteiger partial charge in [0.1, 0.15) is 0 Å². The molecule has 0 N–H and O–H groups in total. The molecule has 0 spiro atoms. The van der Waals surface area contributed by atoms with Gasteiger partial charge in [0.05, 0.1) is 5.56 Å². The molecule has 2 nitrogen and oxygen atoms in total. The van der Waals surface area contributed by atoms with Gasteiger partial charge in [-0.25, -0.2) is 9.37 Å². The van der Waals surface area contributed by atoms with Crippen LogP contribution in [-0.4, -0.2) is 10.2 Å². The number of carbonyl (C=O) groups excluding carboxylic acids is 1. The predicted molar refractivity (Wildman–Crippen MR) is 39.4 cm³/mol. The van der Waals surface area contributed by atoms with E-state index in [2.05, 4.69) is 4.98 Å². The lowest BCUT2D eigenvalue weighted by molar-refractivity contribution is 0.107. The Balaban J connectivity index is 3.27. The number of carbonyl (C=O) groups is 1. The molecule has 1 rings (SSSR count). The molecule has 1 heterocycles. The van der Waals surface area contributed by atoms with Gasteiger partial charge in [0, 0.05) is 6.20 Å². The number of rotatable bonds is 1. The van der Waals surface area contributed by atoms with Gasteiger partial charge in [-0.15, -0.1) is 0 Å². The Hall–Kier alpha value is -0.670. The summed E-state index contributed by atoms with van der Waals surface area (Å²) in [5.74, 6) is -0.880. The standard InChI is InChI=1S/C6H2Cl2FNO/c7-5-4(9)3(6(8)11)1-2-10-5/h1-2H. The van der Waals surface area contributed by atoms with E-state index < -0.39 is 11.1 Å². The Morgan fingerprint density at radius 1 is 1.64 bits per heavy atom. The predicted octanol–water partition coefficient (Wildman–Crippen LogP) is 2.25. The zero-order chi connectivity index (χ0) is 8.43. The van der Waals surface area contributed by atoms with E-state index in [4.69, 9.17) is 23.2 Å². The van der Waals surface area contributed by atoms with Crippen LogP contribution in [0.25, 0.3) is 0 Å². The van der Waals surface area contributed by atoms with Crippen molar-refractivity contribution in [3.05, 3.63) is 28.8 Å². The second-order valence-corrected chi connectivity index (χ2v) is 2.44. The number of pyridine rings is 1. The minimum Gasteiger partial charge on any atom is -0.275 e. The third-order valence-electron chi connectivity index (χ3n) is 1.06. The van der Waals surface area contributed by atoms with E-state index in [9.17, 15) is 9.18 Å². The Bertz CT molecular complexity index is 303. The van der Waals surface area contributed by atoms with Crippen LogP contribution in [0.2, 0.25) is 5.15 Å². The molecule has 1 aromatic heterocycles. The normalized spacial score (nSPS) is 9.73. The van der Waals surface area contributed by atoms with Crippen molar-refractivity contribution in [1.82, 2.24) is 4.98 Å². The molecule has 0 unspecified atom stereocenters. The molecule has 58 valence electrons. The highest BCUT2D eigenvalue weighted by atomic mass is 35.5. The zero-order valence-electron chi connectivity index (χ0n) is 5.14. The molecule has 11 heavy (non-hydrogen) atoms. The van der Waals surface area contributed by atoms with E-state index in [0.717, 1.165) is 6.07 Å². The summed E-state index contributed by atoms with van der Waals surface area (Å²) in [4.78, 5) is 13.9. The van der Waals surface area contributed by atoms with Crippen LogP contribution in [0.3, 0.4) is 0 Å². The van der Waals surface area contributed by atoms with Crippen LogP contribution in [0.1, 0.15) is 10.4 Å². The maximum atomic E-state index is 12.8. The minimum atomic E-state index is -0.883. The molecular formula is C6H2Cl2FNO. The second-order valence-electron chi connectivity index (χ2n) is 1.74. The number of halogens is 3. The fourth-order valence-electron chi connectivity index (χ4n) is 0.570. The summed E-state index contributed by atoms with van der Waals surface area (Å²) in [7, 11) is 0. The molecule has 1 aromatic rings. The first-order valence-electron chi connectivity index (χ1n) is 2.62. The Morgan fingerprint density at radius 2 is 2.27 bits per heavy atom. The summed E-state index contributed by atoms with van der Waals surface area (Å²) >= 11 is 10.3. The van der Waals surface area contributed by atoms with Crippen molar-refractivity contribution >= 4 is 28.4 Å². The first-order valence-corrected chi connectivity index (χ1v) is 3.38. The summed E-state index contributed by atoms with van der Waals surface area (Å²) in [6.07, 6.45) is 1.21. The molecule has 5 heteroatoms. The zero-order valence-corrected chi connectivity index (χ0v) is 6.66. The van der Waals surface area contributed by atoms with Crippen LogP contribution in [0, 0.1) is 5.82 Å². The summed E-state index contributed by atoms with van der Waals surface area (Å²) in [6, 6.07) is 1.16.